The van der Waals surface area contributed by atoms with Crippen molar-refractivity contribution in [1.82, 2.24) is 0 Å². The van der Waals surface area contributed by atoms with Crippen LogP contribution in [0.4, 0.5) is 0 Å². The first-order valence-corrected chi connectivity index (χ1v) is 6.71. The molecular formula is C14H26O2. The van der Waals surface area contributed by atoms with Crippen LogP contribution in [0.2, 0.25) is 0 Å². The van der Waals surface area contributed by atoms with E-state index in [1.807, 2.05) is 0 Å². The SMILES string of the molecule is CCC1CCCC(C(=O)C(C)CCOC)C1. The topological polar surface area (TPSA) is 26.3 Å². The van der Waals surface area contributed by atoms with Crippen LogP contribution in [0.3, 0.4) is 0 Å². The Bertz CT molecular complexity index is 213. The smallest absolute Gasteiger partial charge is 0.138 e. The molecule has 0 heterocycles. The Labute approximate surface area is 99.8 Å². The molecule has 0 amide bonds. The molecule has 0 saturated heterocycles. The van der Waals surface area contributed by atoms with Gasteiger partial charge in [-0.15, -0.1) is 0 Å². The van der Waals surface area contributed by atoms with Crippen LogP contribution in [0.1, 0.15) is 52.4 Å². The molecule has 0 N–H and O–H groups in total. The van der Waals surface area contributed by atoms with Crippen LogP contribution in [0.5, 0.6) is 0 Å². The summed E-state index contributed by atoms with van der Waals surface area (Å²) in [5, 5.41) is 0. The monoisotopic (exact) mass is 226 g/mol. The molecule has 1 aliphatic carbocycles. The van der Waals surface area contributed by atoms with Gasteiger partial charge in [-0.3, -0.25) is 4.79 Å². The van der Waals surface area contributed by atoms with E-state index in [4.69, 9.17) is 4.74 Å². The highest BCUT2D eigenvalue weighted by Crippen LogP contribution is 2.33. The first-order valence-electron chi connectivity index (χ1n) is 6.71. The number of Topliss-reactive ketones (excluding diaryl/α,β-unsaturated/α-hetero) is 1. The Morgan fingerprint density at radius 2 is 2.19 bits per heavy atom. The predicted octanol–water partition coefficient (Wildman–Crippen LogP) is 3.44. The van der Waals surface area contributed by atoms with Crippen molar-refractivity contribution in [2.24, 2.45) is 17.8 Å². The third-order valence-corrected chi connectivity index (χ3v) is 4.00. The van der Waals surface area contributed by atoms with Gasteiger partial charge in [0, 0.05) is 25.6 Å². The quantitative estimate of drug-likeness (QED) is 0.693. The second-order valence-corrected chi connectivity index (χ2v) is 5.22. The van der Waals surface area contributed by atoms with E-state index in [1.165, 1.54) is 19.3 Å². The van der Waals surface area contributed by atoms with Gasteiger partial charge in [-0.1, -0.05) is 33.1 Å². The van der Waals surface area contributed by atoms with Crippen molar-refractivity contribution in [2.75, 3.05) is 13.7 Å². The molecule has 0 bridgehead atoms. The highest BCUT2D eigenvalue weighted by atomic mass is 16.5. The molecule has 1 rings (SSSR count). The summed E-state index contributed by atoms with van der Waals surface area (Å²) in [5.41, 5.74) is 0. The van der Waals surface area contributed by atoms with Gasteiger partial charge < -0.3 is 4.74 Å². The normalized spacial score (nSPS) is 27.7. The Morgan fingerprint density at radius 3 is 2.81 bits per heavy atom. The molecule has 0 spiro atoms. The number of methoxy groups -OCH3 is 1. The van der Waals surface area contributed by atoms with Crippen LogP contribution in [0.25, 0.3) is 0 Å². The van der Waals surface area contributed by atoms with Gasteiger partial charge in [-0.05, 0) is 25.2 Å². The summed E-state index contributed by atoms with van der Waals surface area (Å²) >= 11 is 0. The summed E-state index contributed by atoms with van der Waals surface area (Å²) in [6, 6.07) is 0. The molecule has 0 aromatic heterocycles. The van der Waals surface area contributed by atoms with Gasteiger partial charge in [-0.2, -0.15) is 0 Å². The molecule has 3 atom stereocenters. The predicted molar refractivity (Wildman–Crippen MR) is 66.4 cm³/mol. The highest BCUT2D eigenvalue weighted by Gasteiger charge is 2.28. The number of hydrogen-bond acceptors (Lipinski definition) is 2. The van der Waals surface area contributed by atoms with Crippen LogP contribution in [-0.4, -0.2) is 19.5 Å². The summed E-state index contributed by atoms with van der Waals surface area (Å²) in [6.07, 6.45) is 6.93. The molecule has 0 radical (unpaired) electrons. The Morgan fingerprint density at radius 1 is 1.44 bits per heavy atom. The Balaban J connectivity index is 2.40. The average molecular weight is 226 g/mol. The molecule has 3 unspecified atom stereocenters. The molecule has 94 valence electrons. The molecule has 16 heavy (non-hydrogen) atoms. The minimum Gasteiger partial charge on any atom is -0.385 e. The second-order valence-electron chi connectivity index (χ2n) is 5.22. The molecule has 0 aliphatic heterocycles. The zero-order valence-electron chi connectivity index (χ0n) is 11.0. The van der Waals surface area contributed by atoms with E-state index in [9.17, 15) is 4.79 Å². The number of rotatable bonds is 6. The van der Waals surface area contributed by atoms with Gasteiger partial charge in [0.15, 0.2) is 0 Å². The minimum atomic E-state index is 0.181. The fourth-order valence-corrected chi connectivity index (χ4v) is 2.76. The van der Waals surface area contributed by atoms with Gasteiger partial charge in [0.25, 0.3) is 0 Å². The number of hydrogen-bond donors (Lipinski definition) is 0. The number of ether oxygens (including phenoxy) is 1. The number of ketones is 1. The van der Waals surface area contributed by atoms with Crippen LogP contribution in [0, 0.1) is 17.8 Å². The summed E-state index contributed by atoms with van der Waals surface area (Å²) in [4.78, 5) is 12.2. The van der Waals surface area contributed by atoms with E-state index in [0.717, 1.165) is 25.2 Å². The Hall–Kier alpha value is -0.370. The van der Waals surface area contributed by atoms with E-state index in [-0.39, 0.29) is 5.92 Å². The summed E-state index contributed by atoms with van der Waals surface area (Å²) in [5.74, 6) is 1.79. The van der Waals surface area contributed by atoms with E-state index in [1.54, 1.807) is 7.11 Å². The molecular weight excluding hydrogens is 200 g/mol. The molecule has 2 nitrogen and oxygen atoms in total. The lowest BCUT2D eigenvalue weighted by atomic mass is 9.75. The molecule has 1 saturated carbocycles. The van der Waals surface area contributed by atoms with E-state index < -0.39 is 0 Å². The Kier molecular flexibility index (Phi) is 6.04. The first-order chi connectivity index (χ1) is 7.69. The van der Waals surface area contributed by atoms with Crippen molar-refractivity contribution < 1.29 is 9.53 Å². The van der Waals surface area contributed by atoms with Gasteiger partial charge in [0.1, 0.15) is 5.78 Å². The maximum Gasteiger partial charge on any atom is 0.138 e. The fourth-order valence-electron chi connectivity index (χ4n) is 2.76. The van der Waals surface area contributed by atoms with Crippen LogP contribution < -0.4 is 0 Å². The van der Waals surface area contributed by atoms with Crippen molar-refractivity contribution in [3.63, 3.8) is 0 Å². The molecule has 0 aromatic rings. The second kappa shape index (κ2) is 7.05. The van der Waals surface area contributed by atoms with E-state index in [0.29, 0.717) is 18.3 Å². The van der Waals surface area contributed by atoms with Gasteiger partial charge in [-0.25, -0.2) is 0 Å². The van der Waals surface area contributed by atoms with Crippen LogP contribution in [0.15, 0.2) is 0 Å². The summed E-state index contributed by atoms with van der Waals surface area (Å²) in [6.45, 7) is 5.00. The van der Waals surface area contributed by atoms with E-state index in [2.05, 4.69) is 13.8 Å². The van der Waals surface area contributed by atoms with E-state index >= 15 is 0 Å². The van der Waals surface area contributed by atoms with Crippen molar-refractivity contribution in [3.8, 4) is 0 Å². The third-order valence-electron chi connectivity index (χ3n) is 4.00. The van der Waals surface area contributed by atoms with Crippen molar-refractivity contribution in [3.05, 3.63) is 0 Å². The lowest BCUT2D eigenvalue weighted by Crippen LogP contribution is -2.27. The number of carbonyl (C=O) groups excluding carboxylic acids is 1. The number of carbonyl (C=O) groups is 1. The molecule has 2 heteroatoms. The highest BCUT2D eigenvalue weighted by molar-refractivity contribution is 5.83. The average Bonchev–Trinajstić information content (AvgIpc) is 2.35. The summed E-state index contributed by atoms with van der Waals surface area (Å²) < 4.78 is 5.04. The molecule has 1 fully saturated rings. The van der Waals surface area contributed by atoms with Crippen molar-refractivity contribution in [2.45, 2.75) is 52.4 Å². The van der Waals surface area contributed by atoms with Crippen molar-refractivity contribution in [1.29, 1.82) is 0 Å². The maximum absolute atomic E-state index is 12.2. The fraction of sp³-hybridized carbons (Fsp3) is 0.929. The maximum atomic E-state index is 12.2. The first kappa shape index (κ1) is 13.7. The molecule has 0 aromatic carbocycles. The van der Waals surface area contributed by atoms with Gasteiger partial charge >= 0.3 is 0 Å². The lowest BCUT2D eigenvalue weighted by Gasteiger charge is -2.29. The lowest BCUT2D eigenvalue weighted by molar-refractivity contribution is -0.128. The minimum absolute atomic E-state index is 0.181. The standard InChI is InChI=1S/C14H26O2/c1-4-12-6-5-7-13(10-12)14(15)11(2)8-9-16-3/h11-13H,4-10H2,1-3H3. The third kappa shape index (κ3) is 3.89. The van der Waals surface area contributed by atoms with Gasteiger partial charge in [0.05, 0.1) is 0 Å². The summed E-state index contributed by atoms with van der Waals surface area (Å²) in [7, 11) is 1.70. The van der Waals surface area contributed by atoms with Crippen LogP contribution in [-0.2, 0) is 9.53 Å². The van der Waals surface area contributed by atoms with Crippen molar-refractivity contribution >= 4 is 5.78 Å². The largest absolute Gasteiger partial charge is 0.385 e. The zero-order valence-corrected chi connectivity index (χ0v) is 11.0. The molecule has 1 aliphatic rings. The van der Waals surface area contributed by atoms with Gasteiger partial charge in [0.2, 0.25) is 0 Å². The zero-order chi connectivity index (χ0) is 12.0. The van der Waals surface area contributed by atoms with Crippen LogP contribution >= 0.6 is 0 Å².